The topological polar surface area (TPSA) is 116 Å². The number of nitrogens with zero attached hydrogens (tertiary/aromatic N) is 3. The quantitative estimate of drug-likeness (QED) is 0.175. The van der Waals surface area contributed by atoms with Crippen molar-refractivity contribution in [2.45, 2.75) is 20.8 Å². The number of aryl methyl sites for hydroxylation is 2. The summed E-state index contributed by atoms with van der Waals surface area (Å²) in [5.41, 5.74) is 7.42. The van der Waals surface area contributed by atoms with Crippen LogP contribution in [0.15, 0.2) is 53.6 Å². The molecule has 0 saturated carbocycles. The number of non-ortho nitro benzene ring substituents is 1. The van der Waals surface area contributed by atoms with Crippen LogP contribution in [0, 0.1) is 30.9 Å². The van der Waals surface area contributed by atoms with Gasteiger partial charge >= 0.3 is 5.97 Å². The van der Waals surface area contributed by atoms with Gasteiger partial charge in [-0.15, -0.1) is 11.3 Å². The van der Waals surface area contributed by atoms with E-state index in [-0.39, 0.29) is 5.69 Å². The van der Waals surface area contributed by atoms with Crippen molar-refractivity contribution in [1.29, 1.82) is 0 Å². The largest absolute Gasteiger partial charge is 0.465 e. The fraction of sp³-hybridized carbons (Fsp3) is 0.160. The normalized spacial score (nSPS) is 11.2. The predicted molar refractivity (Wildman–Crippen MR) is 135 cm³/mol. The molecule has 0 atom stereocenters. The van der Waals surface area contributed by atoms with Gasteiger partial charge in [-0.2, -0.15) is 5.10 Å². The Hall–Kier alpha value is -4.31. The van der Waals surface area contributed by atoms with Crippen molar-refractivity contribution in [3.63, 3.8) is 0 Å². The number of hydrazone groups is 1. The highest BCUT2D eigenvalue weighted by Gasteiger charge is 2.16. The SMILES string of the molecule is COC(=O)c1ccc(C)c(-n2c(C)cc(C=NNC(=O)c3cc4cc([N+](=O)[O-])ccc4s3)c2C)c1. The summed E-state index contributed by atoms with van der Waals surface area (Å²) in [4.78, 5) is 35.5. The first-order chi connectivity index (χ1) is 16.7. The number of esters is 1. The second kappa shape index (κ2) is 9.51. The first kappa shape index (κ1) is 23.8. The van der Waals surface area contributed by atoms with Gasteiger partial charge in [0.25, 0.3) is 11.6 Å². The lowest BCUT2D eigenvalue weighted by Crippen LogP contribution is -2.16. The molecule has 4 rings (SSSR count). The molecule has 0 saturated heterocycles. The van der Waals surface area contributed by atoms with Gasteiger partial charge in [-0.1, -0.05) is 6.07 Å². The molecule has 0 aliphatic rings. The number of rotatable bonds is 6. The molecule has 1 N–H and O–H groups in total. The maximum absolute atomic E-state index is 12.6. The van der Waals surface area contributed by atoms with Gasteiger partial charge in [-0.3, -0.25) is 14.9 Å². The second-order valence-corrected chi connectivity index (χ2v) is 9.03. The Labute approximate surface area is 204 Å². The van der Waals surface area contributed by atoms with Gasteiger partial charge in [0.1, 0.15) is 0 Å². The molecular weight excluding hydrogens is 468 g/mol. The number of hydrogen-bond donors (Lipinski definition) is 1. The van der Waals surface area contributed by atoms with Gasteiger partial charge < -0.3 is 9.30 Å². The molecule has 0 aliphatic carbocycles. The Morgan fingerprint density at radius 3 is 2.60 bits per heavy atom. The number of aromatic nitrogens is 1. The molecule has 2 aromatic heterocycles. The van der Waals surface area contributed by atoms with Crippen molar-refractivity contribution < 1.29 is 19.2 Å². The number of methoxy groups -OCH3 is 1. The number of fused-ring (bicyclic) bond motifs is 1. The number of nitrogens with one attached hydrogen (secondary N) is 1. The van der Waals surface area contributed by atoms with Crippen molar-refractivity contribution in [1.82, 2.24) is 9.99 Å². The summed E-state index contributed by atoms with van der Waals surface area (Å²) in [6.45, 7) is 5.84. The summed E-state index contributed by atoms with van der Waals surface area (Å²) < 4.78 is 7.64. The van der Waals surface area contributed by atoms with Crippen LogP contribution in [0.3, 0.4) is 0 Å². The molecule has 0 bridgehead atoms. The number of nitro groups is 1. The summed E-state index contributed by atoms with van der Waals surface area (Å²) in [7, 11) is 1.35. The Bertz CT molecular complexity index is 1520. The monoisotopic (exact) mass is 490 g/mol. The second-order valence-electron chi connectivity index (χ2n) is 7.94. The molecule has 178 valence electrons. The summed E-state index contributed by atoms with van der Waals surface area (Å²) >= 11 is 1.24. The minimum atomic E-state index is -0.467. The molecule has 0 radical (unpaired) electrons. The first-order valence-electron chi connectivity index (χ1n) is 10.6. The van der Waals surface area contributed by atoms with Crippen molar-refractivity contribution in [3.8, 4) is 5.69 Å². The Morgan fingerprint density at radius 2 is 1.89 bits per heavy atom. The fourth-order valence-corrected chi connectivity index (χ4v) is 4.79. The number of thiophene rings is 1. The molecule has 10 heteroatoms. The smallest absolute Gasteiger partial charge is 0.337 e. The Balaban J connectivity index is 1.56. The van der Waals surface area contributed by atoms with Gasteiger partial charge in [-0.25, -0.2) is 10.2 Å². The summed E-state index contributed by atoms with van der Waals surface area (Å²) in [5.74, 6) is -0.811. The lowest BCUT2D eigenvalue weighted by molar-refractivity contribution is -0.384. The third-order valence-corrected chi connectivity index (χ3v) is 6.76. The van der Waals surface area contributed by atoms with E-state index < -0.39 is 16.8 Å². The van der Waals surface area contributed by atoms with Crippen LogP contribution >= 0.6 is 11.3 Å². The highest BCUT2D eigenvalue weighted by molar-refractivity contribution is 7.20. The van der Waals surface area contributed by atoms with Crippen LogP contribution in [-0.4, -0.2) is 34.7 Å². The number of ether oxygens (including phenoxy) is 1. The molecule has 9 nitrogen and oxygen atoms in total. The first-order valence-corrected chi connectivity index (χ1v) is 11.4. The molecule has 0 fully saturated rings. The highest BCUT2D eigenvalue weighted by atomic mass is 32.1. The van der Waals surface area contributed by atoms with Crippen LogP contribution in [0.2, 0.25) is 0 Å². The predicted octanol–water partition coefficient (Wildman–Crippen LogP) is 5.08. The lowest BCUT2D eigenvalue weighted by Gasteiger charge is -2.14. The number of amides is 1. The van der Waals surface area contributed by atoms with E-state index in [1.165, 1.54) is 30.6 Å². The van der Waals surface area contributed by atoms with Crippen molar-refractivity contribution >= 4 is 45.2 Å². The van der Waals surface area contributed by atoms with Gasteiger partial charge in [0.2, 0.25) is 0 Å². The van der Waals surface area contributed by atoms with E-state index in [2.05, 4.69) is 10.5 Å². The molecule has 0 spiro atoms. The molecule has 1 amide bonds. The van der Waals surface area contributed by atoms with Gasteiger partial charge in [0.05, 0.1) is 28.7 Å². The average molecular weight is 491 g/mol. The molecule has 2 aromatic carbocycles. The Kier molecular flexibility index (Phi) is 6.48. The number of carbonyl (C=O) groups is 2. The average Bonchev–Trinajstić information content (AvgIpc) is 3.39. The van der Waals surface area contributed by atoms with Crippen LogP contribution in [0.1, 0.15) is 42.5 Å². The number of hydrogen-bond acceptors (Lipinski definition) is 7. The van der Waals surface area contributed by atoms with Crippen LogP contribution in [0.4, 0.5) is 5.69 Å². The number of carbonyl (C=O) groups excluding carboxylic acids is 2. The minimum Gasteiger partial charge on any atom is -0.465 e. The van der Waals surface area contributed by atoms with E-state index in [1.807, 2.05) is 37.5 Å². The number of benzene rings is 2. The van der Waals surface area contributed by atoms with Crippen LogP contribution in [0.25, 0.3) is 15.8 Å². The van der Waals surface area contributed by atoms with E-state index in [1.54, 1.807) is 30.5 Å². The van der Waals surface area contributed by atoms with Crippen molar-refractivity contribution in [2.75, 3.05) is 7.11 Å². The maximum Gasteiger partial charge on any atom is 0.337 e. The van der Waals surface area contributed by atoms with Crippen LogP contribution in [0.5, 0.6) is 0 Å². The molecule has 0 unspecified atom stereocenters. The third kappa shape index (κ3) is 4.69. The van der Waals surface area contributed by atoms with E-state index >= 15 is 0 Å². The maximum atomic E-state index is 12.6. The van der Waals surface area contributed by atoms with Crippen molar-refractivity contribution in [3.05, 3.63) is 91.6 Å². The Morgan fingerprint density at radius 1 is 1.11 bits per heavy atom. The molecule has 0 aliphatic heterocycles. The standard InChI is InChI=1S/C25H22N4O5S/c1-14-5-6-17(25(31)34-4)11-21(14)28-15(2)9-19(16(28)3)13-26-27-24(30)23-12-18-10-20(29(32)33)7-8-22(18)35-23/h5-13H,1-4H3,(H,27,30). The van der Waals surface area contributed by atoms with E-state index in [0.29, 0.717) is 15.8 Å². The molecule has 2 heterocycles. The fourth-order valence-electron chi connectivity index (χ4n) is 3.86. The summed E-state index contributed by atoms with van der Waals surface area (Å²) in [5, 5.41) is 15.7. The summed E-state index contributed by atoms with van der Waals surface area (Å²) in [6, 6.07) is 13.4. The van der Waals surface area contributed by atoms with E-state index in [9.17, 15) is 19.7 Å². The van der Waals surface area contributed by atoms with Gasteiger partial charge in [0, 0.05) is 44.9 Å². The lowest BCUT2D eigenvalue weighted by atomic mass is 10.1. The van der Waals surface area contributed by atoms with Crippen molar-refractivity contribution in [2.24, 2.45) is 5.10 Å². The molecule has 4 aromatic rings. The van der Waals surface area contributed by atoms with E-state index in [0.717, 1.165) is 32.9 Å². The zero-order valence-electron chi connectivity index (χ0n) is 19.5. The van der Waals surface area contributed by atoms with Gasteiger partial charge in [0.15, 0.2) is 0 Å². The van der Waals surface area contributed by atoms with Crippen LogP contribution in [-0.2, 0) is 4.74 Å². The third-order valence-electron chi connectivity index (χ3n) is 5.65. The number of nitro benzene ring substituents is 1. The zero-order chi connectivity index (χ0) is 25.3. The minimum absolute atomic E-state index is 0.0250. The van der Waals surface area contributed by atoms with E-state index in [4.69, 9.17) is 4.74 Å². The highest BCUT2D eigenvalue weighted by Crippen LogP contribution is 2.29. The molecular formula is C25H22N4O5S. The molecule has 35 heavy (non-hydrogen) atoms. The zero-order valence-corrected chi connectivity index (χ0v) is 20.3. The summed E-state index contributed by atoms with van der Waals surface area (Å²) in [6.07, 6.45) is 1.56. The van der Waals surface area contributed by atoms with Crippen LogP contribution < -0.4 is 5.43 Å². The van der Waals surface area contributed by atoms with Gasteiger partial charge in [-0.05, 0) is 56.7 Å².